The lowest BCUT2D eigenvalue weighted by molar-refractivity contribution is 0.406. The molecule has 0 bridgehead atoms. The Morgan fingerprint density at radius 3 is 2.62 bits per heavy atom. The van der Waals surface area contributed by atoms with Crippen molar-refractivity contribution >= 4 is 11.5 Å². The summed E-state index contributed by atoms with van der Waals surface area (Å²) in [5.74, 6) is 1.27. The predicted octanol–water partition coefficient (Wildman–Crippen LogP) is 5.52. The first kappa shape index (κ1) is 23.4. The van der Waals surface area contributed by atoms with Crippen LogP contribution in [0.15, 0.2) is 67.0 Å². The molecule has 0 spiro atoms. The highest BCUT2D eigenvalue weighted by Gasteiger charge is 2.12. The van der Waals surface area contributed by atoms with Crippen molar-refractivity contribution in [3.8, 4) is 17.0 Å². The summed E-state index contributed by atoms with van der Waals surface area (Å²) in [5.41, 5.74) is 8.18. The van der Waals surface area contributed by atoms with Crippen LogP contribution in [-0.4, -0.2) is 44.7 Å². The molecule has 0 amide bonds. The van der Waals surface area contributed by atoms with Crippen LogP contribution in [0.1, 0.15) is 28.7 Å². The Hall–Kier alpha value is -3.80. The van der Waals surface area contributed by atoms with Gasteiger partial charge < -0.3 is 15.3 Å². The molecular formula is C28H33N5O. The molecule has 0 saturated carbocycles. The molecule has 6 nitrogen and oxygen atoms in total. The Labute approximate surface area is 201 Å². The number of phenolic OH excluding ortho intramolecular Hbond substituents is 1. The van der Waals surface area contributed by atoms with Crippen LogP contribution >= 0.6 is 0 Å². The van der Waals surface area contributed by atoms with Gasteiger partial charge in [0.15, 0.2) is 5.65 Å². The van der Waals surface area contributed by atoms with Gasteiger partial charge in [0.05, 0.1) is 11.9 Å². The van der Waals surface area contributed by atoms with Crippen molar-refractivity contribution in [2.75, 3.05) is 25.5 Å². The van der Waals surface area contributed by atoms with Gasteiger partial charge in [-0.15, -0.1) is 0 Å². The molecule has 176 valence electrons. The number of likely N-dealkylation sites (N-methyl/N-ethyl adjacent to an activating group) is 1. The number of hydrogen-bond donors (Lipinski definition) is 2. The van der Waals surface area contributed by atoms with Crippen molar-refractivity contribution in [2.45, 2.75) is 33.6 Å². The van der Waals surface area contributed by atoms with Crippen LogP contribution in [0.25, 0.3) is 16.9 Å². The maximum atomic E-state index is 9.95. The van der Waals surface area contributed by atoms with E-state index in [1.165, 1.54) is 5.56 Å². The summed E-state index contributed by atoms with van der Waals surface area (Å²) >= 11 is 0. The van der Waals surface area contributed by atoms with Crippen LogP contribution in [0.2, 0.25) is 0 Å². The average molecular weight is 456 g/mol. The van der Waals surface area contributed by atoms with E-state index >= 15 is 0 Å². The Morgan fingerprint density at radius 1 is 1.06 bits per heavy atom. The smallest absolute Gasteiger partial charge is 0.160 e. The predicted molar refractivity (Wildman–Crippen MR) is 139 cm³/mol. The fourth-order valence-corrected chi connectivity index (χ4v) is 4.02. The monoisotopic (exact) mass is 455 g/mol. The number of fused-ring (bicyclic) bond motifs is 1. The molecule has 4 rings (SSSR count). The lowest BCUT2D eigenvalue weighted by Crippen LogP contribution is -2.22. The maximum Gasteiger partial charge on any atom is 0.160 e. The summed E-state index contributed by atoms with van der Waals surface area (Å²) in [6.45, 7) is 12.0. The SMILES string of the molecule is C=C(Cc1ccc(C)c(O)c1)N(C)CCCNc1cc(-c2ccccc2C)nc2c(C)cnn12. The minimum Gasteiger partial charge on any atom is -0.508 e. The minimum absolute atomic E-state index is 0.333. The molecule has 2 heterocycles. The number of rotatable bonds is 9. The van der Waals surface area contributed by atoms with Gasteiger partial charge in [0.2, 0.25) is 0 Å². The highest BCUT2D eigenvalue weighted by atomic mass is 16.3. The van der Waals surface area contributed by atoms with Gasteiger partial charge in [-0.2, -0.15) is 9.61 Å². The molecule has 0 saturated heterocycles. The van der Waals surface area contributed by atoms with Crippen LogP contribution in [0.5, 0.6) is 5.75 Å². The van der Waals surface area contributed by atoms with Crippen LogP contribution in [0, 0.1) is 20.8 Å². The molecule has 2 aromatic carbocycles. The Bertz CT molecular complexity index is 1320. The lowest BCUT2D eigenvalue weighted by Gasteiger charge is -2.22. The molecule has 2 N–H and O–H groups in total. The van der Waals surface area contributed by atoms with E-state index in [2.05, 4.69) is 54.1 Å². The third-order valence-corrected chi connectivity index (χ3v) is 6.27. The molecule has 0 aliphatic heterocycles. The maximum absolute atomic E-state index is 9.95. The molecule has 0 aliphatic rings. The fraction of sp³-hybridized carbons (Fsp3) is 0.286. The number of nitrogens with one attached hydrogen (secondary N) is 1. The first-order valence-electron chi connectivity index (χ1n) is 11.7. The first-order chi connectivity index (χ1) is 16.3. The van der Waals surface area contributed by atoms with Gasteiger partial charge in [0.1, 0.15) is 11.6 Å². The number of allylic oxidation sites excluding steroid dienone is 1. The van der Waals surface area contributed by atoms with Crippen LogP contribution < -0.4 is 5.32 Å². The van der Waals surface area contributed by atoms with Gasteiger partial charge >= 0.3 is 0 Å². The molecular weight excluding hydrogens is 422 g/mol. The van der Waals surface area contributed by atoms with Crippen molar-refractivity contribution < 1.29 is 5.11 Å². The summed E-state index contributed by atoms with van der Waals surface area (Å²) in [7, 11) is 2.06. The van der Waals surface area contributed by atoms with Crippen LogP contribution in [0.4, 0.5) is 5.82 Å². The zero-order valence-corrected chi connectivity index (χ0v) is 20.5. The highest BCUT2D eigenvalue weighted by molar-refractivity contribution is 5.70. The number of nitrogens with zero attached hydrogens (tertiary/aromatic N) is 4. The number of hydrogen-bond acceptors (Lipinski definition) is 5. The third kappa shape index (κ3) is 5.06. The second-order valence-corrected chi connectivity index (χ2v) is 8.97. The number of aromatic nitrogens is 3. The summed E-state index contributed by atoms with van der Waals surface area (Å²) in [6, 6.07) is 16.2. The van der Waals surface area contributed by atoms with E-state index in [0.29, 0.717) is 5.75 Å². The van der Waals surface area contributed by atoms with E-state index in [-0.39, 0.29) is 0 Å². The molecule has 0 fully saturated rings. The van der Waals surface area contributed by atoms with Crippen molar-refractivity contribution in [3.63, 3.8) is 0 Å². The third-order valence-electron chi connectivity index (χ3n) is 6.27. The van der Waals surface area contributed by atoms with E-state index in [1.807, 2.05) is 54.9 Å². The molecule has 0 unspecified atom stereocenters. The Kier molecular flexibility index (Phi) is 6.87. The van der Waals surface area contributed by atoms with E-state index in [0.717, 1.165) is 71.0 Å². The summed E-state index contributed by atoms with van der Waals surface area (Å²) < 4.78 is 1.88. The van der Waals surface area contributed by atoms with Gasteiger partial charge in [-0.1, -0.05) is 43.0 Å². The molecule has 34 heavy (non-hydrogen) atoms. The van der Waals surface area contributed by atoms with Crippen LogP contribution in [0.3, 0.4) is 0 Å². The summed E-state index contributed by atoms with van der Waals surface area (Å²) in [4.78, 5) is 7.06. The van der Waals surface area contributed by atoms with Crippen molar-refractivity contribution in [1.82, 2.24) is 19.5 Å². The normalized spacial score (nSPS) is 11.1. The second-order valence-electron chi connectivity index (χ2n) is 8.97. The largest absolute Gasteiger partial charge is 0.508 e. The van der Waals surface area contributed by atoms with Crippen molar-refractivity contribution in [1.29, 1.82) is 0 Å². The van der Waals surface area contributed by atoms with Crippen molar-refractivity contribution in [2.24, 2.45) is 0 Å². The van der Waals surface area contributed by atoms with E-state index in [9.17, 15) is 5.11 Å². The van der Waals surface area contributed by atoms with Gasteiger partial charge in [0, 0.05) is 49.4 Å². The number of benzene rings is 2. The lowest BCUT2D eigenvalue weighted by atomic mass is 10.1. The summed E-state index contributed by atoms with van der Waals surface area (Å²) in [6.07, 6.45) is 3.52. The standard InChI is InChI=1S/C28H33N5O/c1-19-9-6-7-10-24(19)25-17-27(33-28(31-25)21(3)18-30-33)29-13-8-14-32(5)22(4)15-23-12-11-20(2)26(34)16-23/h6-7,9-12,16-18,29,34H,4,8,13-15H2,1-3,5H3. The van der Waals surface area contributed by atoms with Gasteiger partial charge in [0.25, 0.3) is 0 Å². The van der Waals surface area contributed by atoms with E-state index in [1.54, 1.807) is 0 Å². The Morgan fingerprint density at radius 2 is 1.85 bits per heavy atom. The topological polar surface area (TPSA) is 65.7 Å². The first-order valence-corrected chi connectivity index (χ1v) is 11.7. The van der Waals surface area contributed by atoms with E-state index in [4.69, 9.17) is 4.98 Å². The van der Waals surface area contributed by atoms with Gasteiger partial charge in [-0.3, -0.25) is 0 Å². The molecule has 0 radical (unpaired) electrons. The fourth-order valence-electron chi connectivity index (χ4n) is 4.02. The quantitative estimate of drug-likeness (QED) is 0.326. The zero-order chi connectivity index (χ0) is 24.2. The van der Waals surface area contributed by atoms with E-state index < -0.39 is 0 Å². The molecule has 0 aliphatic carbocycles. The number of phenols is 1. The highest BCUT2D eigenvalue weighted by Crippen LogP contribution is 2.26. The molecule has 6 heteroatoms. The average Bonchev–Trinajstić information content (AvgIpc) is 3.20. The Balaban J connectivity index is 1.40. The molecule has 2 aromatic heterocycles. The number of aryl methyl sites for hydroxylation is 3. The number of aromatic hydroxyl groups is 1. The van der Waals surface area contributed by atoms with Gasteiger partial charge in [-0.25, -0.2) is 4.98 Å². The van der Waals surface area contributed by atoms with Crippen molar-refractivity contribution in [3.05, 3.63) is 89.3 Å². The summed E-state index contributed by atoms with van der Waals surface area (Å²) in [5, 5.41) is 18.0. The van der Waals surface area contributed by atoms with Crippen LogP contribution in [-0.2, 0) is 6.42 Å². The number of anilines is 1. The van der Waals surface area contributed by atoms with Gasteiger partial charge in [-0.05, 0) is 49.9 Å². The molecule has 4 aromatic rings. The molecule has 0 atom stereocenters. The minimum atomic E-state index is 0.333. The zero-order valence-electron chi connectivity index (χ0n) is 20.5. The second kappa shape index (κ2) is 10.00.